The molecule has 0 aromatic heterocycles. The molecule has 2 aliphatic rings. The normalized spacial score (nSPS) is 20.1. The summed E-state index contributed by atoms with van der Waals surface area (Å²) in [6, 6.07) is 6.53. The van der Waals surface area contributed by atoms with Crippen molar-refractivity contribution in [2.45, 2.75) is 6.42 Å². The van der Waals surface area contributed by atoms with Gasteiger partial charge in [0.2, 0.25) is 5.91 Å². The van der Waals surface area contributed by atoms with Gasteiger partial charge >= 0.3 is 5.97 Å². The van der Waals surface area contributed by atoms with Crippen LogP contribution in [0.15, 0.2) is 35.7 Å². The van der Waals surface area contributed by atoms with Crippen molar-refractivity contribution in [3.63, 3.8) is 0 Å². The van der Waals surface area contributed by atoms with Crippen LogP contribution in [-0.4, -0.2) is 40.8 Å². The van der Waals surface area contributed by atoms with Crippen molar-refractivity contribution in [3.05, 3.63) is 46.2 Å². The fourth-order valence-electron chi connectivity index (χ4n) is 2.85. The van der Waals surface area contributed by atoms with Gasteiger partial charge in [0, 0.05) is 18.7 Å². The zero-order valence-corrected chi connectivity index (χ0v) is 12.3. The summed E-state index contributed by atoms with van der Waals surface area (Å²) in [5.41, 5.74) is 0.461. The first kappa shape index (κ1) is 14.6. The second-order valence-electron chi connectivity index (χ2n) is 5.14. The Morgan fingerprint density at radius 1 is 1.36 bits per heavy atom. The highest BCUT2D eigenvalue weighted by molar-refractivity contribution is 6.35. The van der Waals surface area contributed by atoms with Crippen LogP contribution in [0.25, 0.3) is 0 Å². The zero-order valence-electron chi connectivity index (χ0n) is 11.5. The Morgan fingerprint density at radius 2 is 2.09 bits per heavy atom. The van der Waals surface area contributed by atoms with E-state index in [9.17, 15) is 14.4 Å². The summed E-state index contributed by atoms with van der Waals surface area (Å²) in [7, 11) is 0. The van der Waals surface area contributed by atoms with Crippen LogP contribution in [0.4, 0.5) is 0 Å². The molecule has 0 saturated carbocycles. The lowest BCUT2D eigenvalue weighted by Gasteiger charge is -2.12. The number of carbonyl (C=O) groups is 3. The van der Waals surface area contributed by atoms with Crippen molar-refractivity contribution in [2.75, 3.05) is 13.1 Å². The van der Waals surface area contributed by atoms with Gasteiger partial charge in [-0.1, -0.05) is 23.7 Å². The standard InChI is InChI=1S/C15H13ClN2O4/c16-10-4-2-1-3-8(10)13(21)12-9(7-11(19)20)15(22)18-6-5-17-14(12)18/h1-4,9,17H,5-7H2,(H,19,20). The quantitative estimate of drug-likeness (QED) is 0.816. The van der Waals surface area contributed by atoms with Crippen molar-refractivity contribution in [1.29, 1.82) is 0 Å². The molecule has 0 bridgehead atoms. The van der Waals surface area contributed by atoms with Gasteiger partial charge in [-0.2, -0.15) is 0 Å². The minimum Gasteiger partial charge on any atom is -0.481 e. The molecule has 3 rings (SSSR count). The second-order valence-corrected chi connectivity index (χ2v) is 5.55. The first-order valence-electron chi connectivity index (χ1n) is 6.81. The average Bonchev–Trinajstić information content (AvgIpc) is 3.02. The summed E-state index contributed by atoms with van der Waals surface area (Å²) in [5, 5.41) is 12.3. The zero-order chi connectivity index (χ0) is 15.9. The van der Waals surface area contributed by atoms with Crippen molar-refractivity contribution in [2.24, 2.45) is 5.92 Å². The van der Waals surface area contributed by atoms with E-state index >= 15 is 0 Å². The molecule has 6 nitrogen and oxygen atoms in total. The number of carboxylic acid groups (broad SMARTS) is 1. The highest BCUT2D eigenvalue weighted by atomic mass is 35.5. The number of hydrogen-bond acceptors (Lipinski definition) is 4. The van der Waals surface area contributed by atoms with Crippen molar-refractivity contribution >= 4 is 29.3 Å². The van der Waals surface area contributed by atoms with E-state index in [0.717, 1.165) is 0 Å². The van der Waals surface area contributed by atoms with Crippen LogP contribution in [0, 0.1) is 5.92 Å². The molecule has 2 N–H and O–H groups in total. The Labute approximate surface area is 131 Å². The van der Waals surface area contributed by atoms with Gasteiger partial charge < -0.3 is 10.4 Å². The number of ketones is 1. The largest absolute Gasteiger partial charge is 0.481 e. The molecule has 1 saturated heterocycles. The first-order valence-corrected chi connectivity index (χ1v) is 7.19. The molecule has 22 heavy (non-hydrogen) atoms. The minimum atomic E-state index is -1.12. The number of rotatable bonds is 4. The number of benzene rings is 1. The molecular weight excluding hydrogens is 308 g/mol. The molecule has 2 heterocycles. The number of fused-ring (bicyclic) bond motifs is 1. The Kier molecular flexibility index (Phi) is 3.62. The summed E-state index contributed by atoms with van der Waals surface area (Å²) in [6.45, 7) is 0.976. The van der Waals surface area contributed by atoms with E-state index in [0.29, 0.717) is 18.9 Å². The molecule has 1 amide bonds. The maximum Gasteiger partial charge on any atom is 0.304 e. The summed E-state index contributed by atoms with van der Waals surface area (Å²) in [4.78, 5) is 37.6. The average molecular weight is 321 g/mol. The molecule has 1 aromatic carbocycles. The Balaban J connectivity index is 2.06. The topological polar surface area (TPSA) is 86.7 Å². The summed E-state index contributed by atoms with van der Waals surface area (Å²) >= 11 is 6.05. The van der Waals surface area contributed by atoms with Crippen LogP contribution in [-0.2, 0) is 9.59 Å². The molecule has 1 unspecified atom stereocenters. The van der Waals surface area contributed by atoms with Crippen LogP contribution < -0.4 is 5.32 Å². The predicted octanol–water partition coefficient (Wildman–Crippen LogP) is 1.27. The van der Waals surface area contributed by atoms with Crippen molar-refractivity contribution in [3.8, 4) is 0 Å². The smallest absolute Gasteiger partial charge is 0.304 e. The van der Waals surface area contributed by atoms with Gasteiger partial charge in [0.25, 0.3) is 0 Å². The van der Waals surface area contributed by atoms with E-state index in [1.165, 1.54) is 4.90 Å². The number of aliphatic carboxylic acids is 1. The third-order valence-electron chi connectivity index (χ3n) is 3.81. The van der Waals surface area contributed by atoms with Gasteiger partial charge in [0.15, 0.2) is 5.78 Å². The van der Waals surface area contributed by atoms with Gasteiger partial charge in [-0.25, -0.2) is 0 Å². The number of carbonyl (C=O) groups excluding carboxylic acids is 2. The maximum absolute atomic E-state index is 12.8. The lowest BCUT2D eigenvalue weighted by Crippen LogP contribution is -2.29. The summed E-state index contributed by atoms with van der Waals surface area (Å²) < 4.78 is 0. The molecule has 1 fully saturated rings. The van der Waals surface area contributed by atoms with Gasteiger partial charge in [-0.15, -0.1) is 0 Å². The molecule has 0 spiro atoms. The van der Waals surface area contributed by atoms with E-state index in [1.54, 1.807) is 24.3 Å². The van der Waals surface area contributed by atoms with Crippen LogP contribution in [0.3, 0.4) is 0 Å². The fourth-order valence-corrected chi connectivity index (χ4v) is 3.07. The SMILES string of the molecule is O=C(O)CC1C(=O)N2CCNC2=C1C(=O)c1ccccc1Cl. The van der Waals surface area contributed by atoms with Crippen LogP contribution in [0.5, 0.6) is 0 Å². The summed E-state index contributed by atoms with van der Waals surface area (Å²) in [6.07, 6.45) is -0.411. The van der Waals surface area contributed by atoms with Crippen LogP contribution >= 0.6 is 11.6 Å². The van der Waals surface area contributed by atoms with E-state index in [2.05, 4.69) is 5.32 Å². The molecule has 1 aromatic rings. The van der Waals surface area contributed by atoms with Crippen molar-refractivity contribution < 1.29 is 19.5 Å². The highest BCUT2D eigenvalue weighted by Crippen LogP contribution is 2.35. The number of nitrogens with one attached hydrogen (secondary N) is 1. The van der Waals surface area contributed by atoms with E-state index in [4.69, 9.17) is 16.7 Å². The molecule has 0 radical (unpaired) electrons. The van der Waals surface area contributed by atoms with E-state index < -0.39 is 24.1 Å². The fraction of sp³-hybridized carbons (Fsp3) is 0.267. The van der Waals surface area contributed by atoms with Gasteiger partial charge in [0.1, 0.15) is 5.82 Å². The van der Waals surface area contributed by atoms with E-state index in [-0.39, 0.29) is 22.1 Å². The van der Waals surface area contributed by atoms with Gasteiger partial charge in [-0.05, 0) is 12.1 Å². The van der Waals surface area contributed by atoms with Crippen LogP contribution in [0.1, 0.15) is 16.8 Å². The lowest BCUT2D eigenvalue weighted by molar-refractivity contribution is -0.141. The third kappa shape index (κ3) is 2.25. The monoisotopic (exact) mass is 320 g/mol. The minimum absolute atomic E-state index is 0.193. The number of amides is 1. The number of halogens is 1. The molecule has 7 heteroatoms. The number of Topliss-reactive ketones (excluding diaryl/α,β-unsaturated/α-hetero) is 1. The molecule has 2 aliphatic heterocycles. The number of nitrogens with zero attached hydrogens (tertiary/aromatic N) is 1. The first-order chi connectivity index (χ1) is 10.5. The summed E-state index contributed by atoms with van der Waals surface area (Å²) in [5.74, 6) is -2.43. The predicted molar refractivity (Wildman–Crippen MR) is 78.3 cm³/mol. The Bertz CT molecular complexity index is 713. The molecule has 0 aliphatic carbocycles. The highest BCUT2D eigenvalue weighted by Gasteiger charge is 2.45. The number of hydrogen-bond donors (Lipinski definition) is 2. The second kappa shape index (κ2) is 5.46. The maximum atomic E-state index is 12.8. The van der Waals surface area contributed by atoms with Crippen molar-refractivity contribution in [1.82, 2.24) is 10.2 Å². The molecular formula is C15H13ClN2O4. The molecule has 1 atom stereocenters. The van der Waals surface area contributed by atoms with Gasteiger partial charge in [-0.3, -0.25) is 19.3 Å². The van der Waals surface area contributed by atoms with E-state index in [1.807, 2.05) is 0 Å². The van der Waals surface area contributed by atoms with Gasteiger partial charge in [0.05, 0.1) is 22.9 Å². The van der Waals surface area contributed by atoms with Crippen LogP contribution in [0.2, 0.25) is 5.02 Å². The Morgan fingerprint density at radius 3 is 2.77 bits per heavy atom. The molecule has 114 valence electrons. The lowest BCUT2D eigenvalue weighted by atomic mass is 9.90. The number of carboxylic acids is 1. The third-order valence-corrected chi connectivity index (χ3v) is 4.14. The Hall–Kier alpha value is -2.34.